The Bertz CT molecular complexity index is 487. The van der Waals surface area contributed by atoms with Crippen molar-refractivity contribution in [1.82, 2.24) is 9.97 Å². The zero-order chi connectivity index (χ0) is 12.3. The monoisotopic (exact) mass is 253 g/mol. The van der Waals surface area contributed by atoms with Crippen LogP contribution >= 0.6 is 11.6 Å². The first kappa shape index (κ1) is 11.7. The second kappa shape index (κ2) is 5.05. The van der Waals surface area contributed by atoms with Gasteiger partial charge < -0.3 is 14.5 Å². The molecule has 1 atom stereocenters. The molecule has 0 aliphatic rings. The Morgan fingerprint density at radius 2 is 2.35 bits per heavy atom. The van der Waals surface area contributed by atoms with E-state index in [2.05, 4.69) is 15.3 Å². The summed E-state index contributed by atoms with van der Waals surface area (Å²) in [5, 5.41) is 3.56. The summed E-state index contributed by atoms with van der Waals surface area (Å²) >= 11 is 5.98. The van der Waals surface area contributed by atoms with Crippen molar-refractivity contribution in [3.05, 3.63) is 35.4 Å². The molecule has 0 bridgehead atoms. The third kappa shape index (κ3) is 2.68. The maximum atomic E-state index is 5.98. The maximum absolute atomic E-state index is 5.98. The fourth-order valence-electron chi connectivity index (χ4n) is 1.36. The van der Waals surface area contributed by atoms with Gasteiger partial charge in [0.15, 0.2) is 5.82 Å². The highest BCUT2D eigenvalue weighted by atomic mass is 35.5. The third-order valence-electron chi connectivity index (χ3n) is 2.23. The third-order valence-corrected chi connectivity index (χ3v) is 2.50. The van der Waals surface area contributed by atoms with Crippen LogP contribution in [0, 0.1) is 0 Å². The zero-order valence-electron chi connectivity index (χ0n) is 9.48. The number of aromatic nitrogens is 2. The van der Waals surface area contributed by atoms with E-state index in [1.165, 1.54) is 13.3 Å². The zero-order valence-corrected chi connectivity index (χ0v) is 10.2. The van der Waals surface area contributed by atoms with Crippen molar-refractivity contribution in [3.63, 3.8) is 0 Å². The van der Waals surface area contributed by atoms with Gasteiger partial charge in [0.05, 0.1) is 25.6 Å². The summed E-state index contributed by atoms with van der Waals surface area (Å²) in [7, 11) is 1.50. The Labute approximate surface area is 104 Å². The van der Waals surface area contributed by atoms with Crippen molar-refractivity contribution in [2.75, 3.05) is 12.4 Å². The largest absolute Gasteiger partial charge is 0.467 e. The SMILES string of the molecule is COc1ncc(Cl)c(NC(C)c2ccco2)n1. The molecule has 0 fully saturated rings. The van der Waals surface area contributed by atoms with Gasteiger partial charge in [-0.05, 0) is 19.1 Å². The molecule has 1 N–H and O–H groups in total. The molecule has 1 unspecified atom stereocenters. The Balaban J connectivity index is 2.18. The lowest BCUT2D eigenvalue weighted by Crippen LogP contribution is -2.08. The summed E-state index contributed by atoms with van der Waals surface area (Å²) in [6.07, 6.45) is 3.11. The number of anilines is 1. The molecular weight excluding hydrogens is 242 g/mol. The molecule has 0 saturated carbocycles. The van der Waals surface area contributed by atoms with Gasteiger partial charge in [0, 0.05) is 0 Å². The Morgan fingerprint density at radius 3 is 3.00 bits per heavy atom. The molecule has 2 rings (SSSR count). The number of hydrogen-bond donors (Lipinski definition) is 1. The average molecular weight is 254 g/mol. The van der Waals surface area contributed by atoms with Crippen LogP contribution in [-0.2, 0) is 0 Å². The highest BCUT2D eigenvalue weighted by Gasteiger charge is 2.12. The van der Waals surface area contributed by atoms with Crippen LogP contribution in [0.3, 0.4) is 0 Å². The van der Waals surface area contributed by atoms with E-state index in [1.54, 1.807) is 6.26 Å². The molecule has 2 heterocycles. The second-order valence-electron chi connectivity index (χ2n) is 3.43. The summed E-state index contributed by atoms with van der Waals surface area (Å²) in [5.74, 6) is 1.32. The number of nitrogens with zero attached hydrogens (tertiary/aromatic N) is 2. The van der Waals surface area contributed by atoms with Crippen molar-refractivity contribution in [2.45, 2.75) is 13.0 Å². The predicted molar refractivity (Wildman–Crippen MR) is 64.3 cm³/mol. The number of ether oxygens (including phenoxy) is 1. The van der Waals surface area contributed by atoms with Crippen molar-refractivity contribution in [1.29, 1.82) is 0 Å². The summed E-state index contributed by atoms with van der Waals surface area (Å²) in [6.45, 7) is 1.95. The first-order valence-electron chi connectivity index (χ1n) is 5.07. The van der Waals surface area contributed by atoms with E-state index in [1.807, 2.05) is 19.1 Å². The highest BCUT2D eigenvalue weighted by molar-refractivity contribution is 6.32. The number of halogens is 1. The Morgan fingerprint density at radius 1 is 1.53 bits per heavy atom. The summed E-state index contributed by atoms with van der Waals surface area (Å²) in [6, 6.07) is 3.94. The smallest absolute Gasteiger partial charge is 0.318 e. The van der Waals surface area contributed by atoms with Gasteiger partial charge in [0.1, 0.15) is 10.8 Å². The van der Waals surface area contributed by atoms with E-state index in [9.17, 15) is 0 Å². The number of rotatable bonds is 4. The lowest BCUT2D eigenvalue weighted by Gasteiger charge is -2.13. The number of hydrogen-bond acceptors (Lipinski definition) is 5. The number of nitrogens with one attached hydrogen (secondary N) is 1. The van der Waals surface area contributed by atoms with E-state index in [4.69, 9.17) is 20.8 Å². The van der Waals surface area contributed by atoms with Crippen LogP contribution in [0.5, 0.6) is 6.01 Å². The quantitative estimate of drug-likeness (QED) is 0.908. The van der Waals surface area contributed by atoms with Crippen molar-refractivity contribution >= 4 is 17.4 Å². The number of furan rings is 1. The molecule has 0 amide bonds. The van der Waals surface area contributed by atoms with Crippen LogP contribution in [0.2, 0.25) is 5.02 Å². The predicted octanol–water partition coefficient (Wildman–Crippen LogP) is 2.90. The Kier molecular flexibility index (Phi) is 3.49. The molecule has 17 heavy (non-hydrogen) atoms. The van der Waals surface area contributed by atoms with Gasteiger partial charge in [0.25, 0.3) is 0 Å². The molecule has 5 nitrogen and oxygen atoms in total. The van der Waals surface area contributed by atoms with Crippen LogP contribution in [0.15, 0.2) is 29.0 Å². The van der Waals surface area contributed by atoms with Gasteiger partial charge >= 0.3 is 6.01 Å². The number of methoxy groups -OCH3 is 1. The first-order chi connectivity index (χ1) is 8.20. The van der Waals surface area contributed by atoms with Crippen molar-refractivity contribution < 1.29 is 9.15 Å². The lowest BCUT2D eigenvalue weighted by atomic mass is 10.2. The molecular formula is C11H12ClN3O2. The van der Waals surface area contributed by atoms with Gasteiger partial charge in [-0.15, -0.1) is 0 Å². The van der Waals surface area contributed by atoms with Crippen LogP contribution in [-0.4, -0.2) is 17.1 Å². The van der Waals surface area contributed by atoms with Gasteiger partial charge in [-0.3, -0.25) is 0 Å². The molecule has 2 aromatic heterocycles. The Hall–Kier alpha value is -1.75. The van der Waals surface area contributed by atoms with Gasteiger partial charge in [-0.2, -0.15) is 4.98 Å². The minimum absolute atomic E-state index is 0.0397. The van der Waals surface area contributed by atoms with Crippen molar-refractivity contribution in [3.8, 4) is 6.01 Å². The molecule has 90 valence electrons. The summed E-state index contributed by atoms with van der Waals surface area (Å²) < 4.78 is 10.2. The molecule has 2 aromatic rings. The van der Waals surface area contributed by atoms with E-state index in [-0.39, 0.29) is 12.1 Å². The summed E-state index contributed by atoms with van der Waals surface area (Å²) in [5.41, 5.74) is 0. The van der Waals surface area contributed by atoms with E-state index < -0.39 is 0 Å². The lowest BCUT2D eigenvalue weighted by molar-refractivity contribution is 0.380. The van der Waals surface area contributed by atoms with Gasteiger partial charge in [-0.25, -0.2) is 4.98 Å². The molecule has 0 aliphatic heterocycles. The average Bonchev–Trinajstić information content (AvgIpc) is 2.85. The molecule has 0 aliphatic carbocycles. The minimum atomic E-state index is -0.0397. The first-order valence-corrected chi connectivity index (χ1v) is 5.45. The fraction of sp³-hybridized carbons (Fsp3) is 0.273. The maximum Gasteiger partial charge on any atom is 0.318 e. The van der Waals surface area contributed by atoms with E-state index in [0.717, 1.165) is 5.76 Å². The highest BCUT2D eigenvalue weighted by Crippen LogP contribution is 2.25. The molecule has 0 radical (unpaired) electrons. The molecule has 0 aromatic carbocycles. The van der Waals surface area contributed by atoms with E-state index in [0.29, 0.717) is 10.8 Å². The molecule has 6 heteroatoms. The van der Waals surface area contributed by atoms with Crippen molar-refractivity contribution in [2.24, 2.45) is 0 Å². The minimum Gasteiger partial charge on any atom is -0.467 e. The van der Waals surface area contributed by atoms with Gasteiger partial charge in [-0.1, -0.05) is 11.6 Å². The topological polar surface area (TPSA) is 60.2 Å². The summed E-state index contributed by atoms with van der Waals surface area (Å²) in [4.78, 5) is 8.02. The second-order valence-corrected chi connectivity index (χ2v) is 3.84. The van der Waals surface area contributed by atoms with Crippen LogP contribution in [0.1, 0.15) is 18.7 Å². The molecule has 0 spiro atoms. The molecule has 0 saturated heterocycles. The van der Waals surface area contributed by atoms with Crippen LogP contribution in [0.4, 0.5) is 5.82 Å². The van der Waals surface area contributed by atoms with Crippen LogP contribution < -0.4 is 10.1 Å². The van der Waals surface area contributed by atoms with Crippen LogP contribution in [0.25, 0.3) is 0 Å². The van der Waals surface area contributed by atoms with E-state index >= 15 is 0 Å². The fourth-order valence-corrected chi connectivity index (χ4v) is 1.51. The normalized spacial score (nSPS) is 12.2. The standard InChI is InChI=1S/C11H12ClN3O2/c1-7(9-4-3-5-17-9)14-10-8(12)6-13-11(15-10)16-2/h3-7H,1-2H3,(H,13,14,15). The van der Waals surface area contributed by atoms with Gasteiger partial charge in [0.2, 0.25) is 0 Å².